The van der Waals surface area contributed by atoms with Gasteiger partial charge in [0.1, 0.15) is 6.54 Å². The topological polar surface area (TPSA) is 66.4 Å². The van der Waals surface area contributed by atoms with Gasteiger partial charge in [-0.1, -0.05) is 42.5 Å². The molecule has 4 nitrogen and oxygen atoms in total. The third-order valence-electron chi connectivity index (χ3n) is 1.54. The highest BCUT2D eigenvalue weighted by Crippen LogP contribution is 1.92. The smallest absolute Gasteiger partial charge is 0.322 e. The van der Waals surface area contributed by atoms with Crippen LogP contribution >= 0.6 is 0 Å². The summed E-state index contributed by atoms with van der Waals surface area (Å²) in [7, 11) is 0. The van der Waals surface area contributed by atoms with E-state index in [9.17, 15) is 9.59 Å². The molecule has 0 aliphatic carbocycles. The maximum absolute atomic E-state index is 10.2. The Kier molecular flexibility index (Phi) is 7.15. The predicted octanol–water partition coefficient (Wildman–Crippen LogP) is 1.37. The number of carboxylic acids is 1. The van der Waals surface area contributed by atoms with Gasteiger partial charge in [0.15, 0.2) is 0 Å². The molecule has 1 aromatic carbocycles. The van der Waals surface area contributed by atoms with Crippen molar-refractivity contribution in [3.63, 3.8) is 0 Å². The zero-order chi connectivity index (χ0) is 12.4. The Morgan fingerprint density at radius 3 is 2.25 bits per heavy atom. The minimum Gasteiger partial charge on any atom is -0.480 e. The Bertz CT molecular complexity index is 347. The van der Waals surface area contributed by atoms with Crippen molar-refractivity contribution in [3.8, 4) is 0 Å². The van der Waals surface area contributed by atoms with E-state index < -0.39 is 11.9 Å². The van der Waals surface area contributed by atoms with Crippen LogP contribution in [0.25, 0.3) is 0 Å². The van der Waals surface area contributed by atoms with Crippen molar-refractivity contribution in [2.24, 2.45) is 0 Å². The Hall–Kier alpha value is -2.10. The van der Waals surface area contributed by atoms with Crippen molar-refractivity contribution in [3.05, 3.63) is 48.6 Å². The van der Waals surface area contributed by atoms with E-state index in [1.807, 2.05) is 18.2 Å². The number of nitrogens with one attached hydrogen (secondary N) is 1. The van der Waals surface area contributed by atoms with Crippen LogP contribution in [0.1, 0.15) is 5.56 Å². The monoisotopic (exact) mass is 221 g/mol. The van der Waals surface area contributed by atoms with E-state index in [0.29, 0.717) is 0 Å². The summed E-state index contributed by atoms with van der Waals surface area (Å²) in [6.07, 6.45) is 1.02. The first-order valence-corrected chi connectivity index (χ1v) is 4.70. The minimum atomic E-state index is -1.06. The molecule has 0 aliphatic heterocycles. The highest BCUT2D eigenvalue weighted by atomic mass is 16.4. The van der Waals surface area contributed by atoms with Gasteiger partial charge in [0.2, 0.25) is 5.91 Å². The number of aliphatic carboxylic acids is 1. The highest BCUT2D eigenvalue weighted by Gasteiger charge is 1.96. The van der Waals surface area contributed by atoms with Crippen molar-refractivity contribution in [2.75, 3.05) is 6.54 Å². The fourth-order valence-electron chi connectivity index (χ4n) is 0.769. The molecule has 86 valence electrons. The van der Waals surface area contributed by atoms with Gasteiger partial charge in [-0.25, -0.2) is 0 Å². The lowest BCUT2D eigenvalue weighted by molar-refractivity contribution is -0.137. The molecular weight excluding hydrogens is 206 g/mol. The summed E-state index contributed by atoms with van der Waals surface area (Å²) in [4.78, 5) is 20.0. The average Bonchev–Trinajstić information content (AvgIpc) is 2.27. The number of carboxylic acid groups (broad SMARTS) is 1. The van der Waals surface area contributed by atoms with Gasteiger partial charge in [-0.3, -0.25) is 9.59 Å². The van der Waals surface area contributed by atoms with E-state index in [0.717, 1.165) is 6.08 Å². The van der Waals surface area contributed by atoms with Crippen molar-refractivity contribution in [1.82, 2.24) is 5.32 Å². The molecule has 0 atom stereocenters. The summed E-state index contributed by atoms with van der Waals surface area (Å²) in [5, 5.41) is 10.1. The highest BCUT2D eigenvalue weighted by molar-refractivity contribution is 5.89. The predicted molar refractivity (Wildman–Crippen MR) is 62.0 cm³/mol. The van der Waals surface area contributed by atoms with E-state index in [-0.39, 0.29) is 6.54 Å². The summed E-state index contributed by atoms with van der Waals surface area (Å²) in [6.45, 7) is 4.86. The summed E-state index contributed by atoms with van der Waals surface area (Å²) >= 11 is 0. The SMILES string of the molecule is C=CC(=O)NCC(=O)O.Cc1ccccc1. The lowest BCUT2D eigenvalue weighted by Gasteiger charge is -1.93. The van der Waals surface area contributed by atoms with E-state index in [1.54, 1.807) is 0 Å². The molecule has 0 radical (unpaired) electrons. The van der Waals surface area contributed by atoms with Crippen LogP contribution in [0.15, 0.2) is 43.0 Å². The summed E-state index contributed by atoms with van der Waals surface area (Å²) in [5.41, 5.74) is 1.32. The van der Waals surface area contributed by atoms with Crippen molar-refractivity contribution in [2.45, 2.75) is 6.92 Å². The second kappa shape index (κ2) is 8.23. The molecule has 4 heteroatoms. The number of hydrogen-bond acceptors (Lipinski definition) is 2. The maximum atomic E-state index is 10.2. The Labute approximate surface area is 94.6 Å². The van der Waals surface area contributed by atoms with Crippen LogP contribution in [0.2, 0.25) is 0 Å². The minimum absolute atomic E-state index is 0.356. The fraction of sp³-hybridized carbons (Fsp3) is 0.167. The molecule has 0 spiro atoms. The normalized spacial score (nSPS) is 8.31. The molecule has 0 bridgehead atoms. The number of rotatable bonds is 3. The molecule has 0 heterocycles. The van der Waals surface area contributed by atoms with Gasteiger partial charge in [0.05, 0.1) is 0 Å². The third kappa shape index (κ3) is 8.50. The Balaban J connectivity index is 0.000000288. The van der Waals surface area contributed by atoms with Crippen LogP contribution in [0, 0.1) is 6.92 Å². The van der Waals surface area contributed by atoms with Crippen molar-refractivity contribution < 1.29 is 14.7 Å². The van der Waals surface area contributed by atoms with E-state index in [2.05, 4.69) is 31.0 Å². The molecule has 0 fully saturated rings. The number of hydrogen-bond donors (Lipinski definition) is 2. The number of amides is 1. The molecule has 0 unspecified atom stereocenters. The summed E-state index contributed by atoms with van der Waals surface area (Å²) in [6, 6.07) is 10.3. The van der Waals surface area contributed by atoms with Gasteiger partial charge < -0.3 is 10.4 Å². The number of aryl methyl sites for hydroxylation is 1. The first kappa shape index (κ1) is 13.9. The molecule has 1 amide bonds. The van der Waals surface area contributed by atoms with Gasteiger partial charge in [-0.2, -0.15) is 0 Å². The van der Waals surface area contributed by atoms with Gasteiger partial charge in [0, 0.05) is 0 Å². The fourth-order valence-corrected chi connectivity index (χ4v) is 0.769. The molecular formula is C12H15NO3. The van der Waals surface area contributed by atoms with Gasteiger partial charge in [-0.15, -0.1) is 0 Å². The first-order chi connectivity index (χ1) is 7.56. The van der Waals surface area contributed by atoms with Crippen LogP contribution in [0.5, 0.6) is 0 Å². The Morgan fingerprint density at radius 1 is 1.38 bits per heavy atom. The molecule has 0 saturated carbocycles. The zero-order valence-corrected chi connectivity index (χ0v) is 9.14. The average molecular weight is 221 g/mol. The van der Waals surface area contributed by atoms with Crippen molar-refractivity contribution in [1.29, 1.82) is 0 Å². The summed E-state index contributed by atoms with van der Waals surface area (Å²) < 4.78 is 0. The molecule has 1 aromatic rings. The number of benzene rings is 1. The lowest BCUT2D eigenvalue weighted by Crippen LogP contribution is -2.27. The number of carbonyl (C=O) groups is 2. The molecule has 0 saturated heterocycles. The second-order valence-corrected chi connectivity index (χ2v) is 2.97. The standard InChI is InChI=1S/C7H8.C5H7NO3/c1-7-5-3-2-4-6-7;1-2-4(7)6-3-5(8)9/h2-6H,1H3;2H,1,3H2,(H,6,7)(H,8,9). The van der Waals surface area contributed by atoms with Crippen LogP contribution in [-0.4, -0.2) is 23.5 Å². The third-order valence-corrected chi connectivity index (χ3v) is 1.54. The Morgan fingerprint density at radius 2 is 1.94 bits per heavy atom. The summed E-state index contributed by atoms with van der Waals surface area (Å²) in [5.74, 6) is -1.54. The molecule has 1 rings (SSSR count). The quantitative estimate of drug-likeness (QED) is 0.757. The van der Waals surface area contributed by atoms with Crippen LogP contribution < -0.4 is 5.32 Å². The maximum Gasteiger partial charge on any atom is 0.322 e. The molecule has 0 aromatic heterocycles. The van der Waals surface area contributed by atoms with Gasteiger partial charge in [-0.05, 0) is 13.0 Å². The van der Waals surface area contributed by atoms with Crippen molar-refractivity contribution >= 4 is 11.9 Å². The molecule has 16 heavy (non-hydrogen) atoms. The first-order valence-electron chi connectivity index (χ1n) is 4.70. The van der Waals surface area contributed by atoms with E-state index in [1.165, 1.54) is 5.56 Å². The van der Waals surface area contributed by atoms with Crippen LogP contribution in [0.4, 0.5) is 0 Å². The molecule has 0 aliphatic rings. The number of carbonyl (C=O) groups excluding carboxylic acids is 1. The lowest BCUT2D eigenvalue weighted by atomic mass is 10.2. The van der Waals surface area contributed by atoms with Gasteiger partial charge in [0.25, 0.3) is 0 Å². The largest absolute Gasteiger partial charge is 0.480 e. The van der Waals surface area contributed by atoms with Crippen LogP contribution in [0.3, 0.4) is 0 Å². The zero-order valence-electron chi connectivity index (χ0n) is 9.14. The second-order valence-electron chi connectivity index (χ2n) is 2.97. The van der Waals surface area contributed by atoms with E-state index in [4.69, 9.17) is 5.11 Å². The van der Waals surface area contributed by atoms with E-state index >= 15 is 0 Å². The van der Waals surface area contributed by atoms with Crippen LogP contribution in [-0.2, 0) is 9.59 Å². The molecule has 2 N–H and O–H groups in total. The van der Waals surface area contributed by atoms with Gasteiger partial charge >= 0.3 is 5.97 Å².